The molecule has 1 atom stereocenters. The summed E-state index contributed by atoms with van der Waals surface area (Å²) in [6.45, 7) is -3.27. The van der Waals surface area contributed by atoms with E-state index in [0.717, 1.165) is 18.2 Å². The number of hydrogen-bond acceptors (Lipinski definition) is 6. The number of ether oxygens (including phenoxy) is 2. The predicted molar refractivity (Wildman–Crippen MR) is 135 cm³/mol. The Kier molecular flexibility index (Phi) is 7.07. The summed E-state index contributed by atoms with van der Waals surface area (Å²) in [5, 5.41) is 4.17. The van der Waals surface area contributed by atoms with Crippen molar-refractivity contribution in [3.8, 4) is 28.3 Å². The number of alkyl halides is 2. The molecule has 2 heterocycles. The number of hydrogen-bond donors (Lipinski definition) is 1. The molecule has 0 bridgehead atoms. The molecule has 5 rings (SSSR count). The Morgan fingerprint density at radius 3 is 2.51 bits per heavy atom. The number of methoxy groups -OCH3 is 1. The summed E-state index contributed by atoms with van der Waals surface area (Å²) in [5.74, 6) is -2.28. The third-order valence-electron chi connectivity index (χ3n) is 5.68. The second-order valence-corrected chi connectivity index (χ2v) is 9.22. The molecule has 13 heteroatoms. The number of anilines is 1. The minimum absolute atomic E-state index is 0.0476. The first-order chi connectivity index (χ1) is 18.7. The van der Waals surface area contributed by atoms with E-state index in [4.69, 9.17) is 9.26 Å². The molecular formula is C26H17F4N3O5S. The zero-order valence-electron chi connectivity index (χ0n) is 19.9. The number of benzene rings is 3. The van der Waals surface area contributed by atoms with Crippen LogP contribution in [0.1, 0.15) is 0 Å². The van der Waals surface area contributed by atoms with Crippen LogP contribution >= 0.6 is 0 Å². The maximum atomic E-state index is 15.4. The smallest absolute Gasteiger partial charge is 0.387 e. The van der Waals surface area contributed by atoms with Gasteiger partial charge in [-0.15, -0.1) is 0 Å². The van der Waals surface area contributed by atoms with Gasteiger partial charge in [-0.05, 0) is 48.0 Å². The molecular weight excluding hydrogens is 542 g/mol. The van der Waals surface area contributed by atoms with Gasteiger partial charge in [-0.2, -0.15) is 8.78 Å². The fourth-order valence-electron chi connectivity index (χ4n) is 3.97. The number of rotatable bonds is 8. The van der Waals surface area contributed by atoms with Crippen molar-refractivity contribution in [2.24, 2.45) is 0 Å². The van der Waals surface area contributed by atoms with Crippen LogP contribution in [0.5, 0.6) is 11.5 Å². The van der Waals surface area contributed by atoms with Crippen molar-refractivity contribution in [2.45, 2.75) is 11.5 Å². The van der Waals surface area contributed by atoms with Crippen molar-refractivity contribution >= 4 is 27.7 Å². The van der Waals surface area contributed by atoms with Gasteiger partial charge >= 0.3 is 6.61 Å². The molecule has 0 aliphatic heterocycles. The van der Waals surface area contributed by atoms with Crippen molar-refractivity contribution in [2.75, 3.05) is 11.8 Å². The molecule has 0 spiro atoms. The van der Waals surface area contributed by atoms with E-state index < -0.39 is 40.5 Å². The van der Waals surface area contributed by atoms with Gasteiger partial charge in [0.1, 0.15) is 17.8 Å². The number of halogens is 4. The second kappa shape index (κ2) is 10.6. The summed E-state index contributed by atoms with van der Waals surface area (Å²) >= 11 is 0. The van der Waals surface area contributed by atoms with E-state index in [1.807, 2.05) is 0 Å². The number of nitrogens with zero attached hydrogens (tertiary/aromatic N) is 2. The lowest BCUT2D eigenvalue weighted by molar-refractivity contribution is -0.0521. The van der Waals surface area contributed by atoms with Crippen LogP contribution in [-0.2, 0) is 11.0 Å². The fourth-order valence-corrected chi connectivity index (χ4v) is 4.81. The van der Waals surface area contributed by atoms with E-state index in [-0.39, 0.29) is 28.4 Å². The summed E-state index contributed by atoms with van der Waals surface area (Å²) in [4.78, 5) is 13.3. The third kappa shape index (κ3) is 5.21. The normalized spacial score (nSPS) is 12.1. The standard InChI is InChI=1S/C26H17F4N3O5S/c1-36-23-12-17(14-2-5-18(27)22(11-14)38-26(29)30)19(28)13-21(23)33-20-6-4-16(10-15(20)3-7-25(33)34)39(35)32-24-8-9-37-31-24/h2-13,26H,1H3,(H,31,32). The average molecular weight is 559 g/mol. The van der Waals surface area contributed by atoms with Gasteiger partial charge in [-0.25, -0.2) is 13.0 Å². The molecule has 0 radical (unpaired) electrons. The van der Waals surface area contributed by atoms with Crippen molar-refractivity contribution < 1.29 is 35.8 Å². The highest BCUT2D eigenvalue weighted by Crippen LogP contribution is 2.35. The van der Waals surface area contributed by atoms with Crippen LogP contribution in [0.2, 0.25) is 0 Å². The van der Waals surface area contributed by atoms with E-state index in [1.165, 1.54) is 54.3 Å². The minimum atomic E-state index is -3.27. The largest absolute Gasteiger partial charge is 0.495 e. The van der Waals surface area contributed by atoms with Crippen molar-refractivity contribution in [3.63, 3.8) is 0 Å². The maximum Gasteiger partial charge on any atom is 0.387 e. The van der Waals surface area contributed by atoms with E-state index in [1.54, 1.807) is 12.1 Å². The first-order valence-electron chi connectivity index (χ1n) is 11.1. The summed E-state index contributed by atoms with van der Waals surface area (Å²) in [7, 11) is -0.386. The topological polar surface area (TPSA) is 95.6 Å². The average Bonchev–Trinajstić information content (AvgIpc) is 3.42. The van der Waals surface area contributed by atoms with Gasteiger partial charge in [0.25, 0.3) is 5.56 Å². The Morgan fingerprint density at radius 1 is 0.974 bits per heavy atom. The quantitative estimate of drug-likeness (QED) is 0.246. The third-order valence-corrected chi connectivity index (χ3v) is 6.76. The molecule has 39 heavy (non-hydrogen) atoms. The molecule has 0 fully saturated rings. The Bertz CT molecular complexity index is 1760. The summed E-state index contributed by atoms with van der Waals surface area (Å²) in [6, 6.07) is 14.3. The molecule has 2 aromatic heterocycles. The van der Waals surface area contributed by atoms with Crippen LogP contribution in [0, 0.1) is 11.6 Å². The zero-order chi connectivity index (χ0) is 27.7. The molecule has 3 aromatic carbocycles. The van der Waals surface area contributed by atoms with Crippen LogP contribution in [0.15, 0.2) is 87.2 Å². The predicted octanol–water partition coefficient (Wildman–Crippen LogP) is 5.67. The van der Waals surface area contributed by atoms with Gasteiger partial charge in [-0.1, -0.05) is 11.2 Å². The lowest BCUT2D eigenvalue weighted by Gasteiger charge is -2.17. The van der Waals surface area contributed by atoms with E-state index >= 15 is 4.39 Å². The second-order valence-electron chi connectivity index (χ2n) is 8.01. The fraction of sp³-hybridized carbons (Fsp3) is 0.0769. The lowest BCUT2D eigenvalue weighted by atomic mass is 10.0. The summed E-state index contributed by atoms with van der Waals surface area (Å²) in [5.41, 5.74) is -0.136. The van der Waals surface area contributed by atoms with Crippen molar-refractivity contribution in [1.82, 2.24) is 9.72 Å². The monoisotopic (exact) mass is 559 g/mol. The highest BCUT2D eigenvalue weighted by atomic mass is 32.2. The summed E-state index contributed by atoms with van der Waals surface area (Å²) < 4.78 is 85.5. The molecule has 1 N–H and O–H groups in total. The highest BCUT2D eigenvalue weighted by molar-refractivity contribution is 7.86. The van der Waals surface area contributed by atoms with Crippen LogP contribution < -0.4 is 19.8 Å². The number of aromatic nitrogens is 2. The number of nitrogens with one attached hydrogen (secondary N) is 1. The van der Waals surface area contributed by atoms with Crippen LogP contribution in [0.25, 0.3) is 27.7 Å². The van der Waals surface area contributed by atoms with E-state index in [0.29, 0.717) is 15.8 Å². The number of pyridine rings is 1. The molecule has 0 amide bonds. The zero-order valence-corrected chi connectivity index (χ0v) is 20.7. The first-order valence-corrected chi connectivity index (χ1v) is 12.3. The minimum Gasteiger partial charge on any atom is -0.495 e. The molecule has 0 aliphatic carbocycles. The summed E-state index contributed by atoms with van der Waals surface area (Å²) in [6.07, 6.45) is 1.32. The van der Waals surface area contributed by atoms with E-state index in [2.05, 4.69) is 14.6 Å². The molecule has 0 saturated heterocycles. The van der Waals surface area contributed by atoms with Crippen LogP contribution in [0.4, 0.5) is 23.4 Å². The van der Waals surface area contributed by atoms with Gasteiger partial charge in [0.2, 0.25) is 0 Å². The van der Waals surface area contributed by atoms with E-state index in [9.17, 15) is 22.2 Å². The molecule has 0 saturated carbocycles. The Balaban J connectivity index is 1.59. The van der Waals surface area contributed by atoms with Gasteiger partial charge in [0, 0.05) is 29.1 Å². The van der Waals surface area contributed by atoms with Gasteiger partial charge in [0.15, 0.2) is 28.4 Å². The molecule has 5 aromatic rings. The van der Waals surface area contributed by atoms with Crippen molar-refractivity contribution in [1.29, 1.82) is 0 Å². The first kappa shape index (κ1) is 26.0. The maximum absolute atomic E-state index is 15.4. The Hall–Kier alpha value is -4.65. The van der Waals surface area contributed by atoms with Gasteiger partial charge in [-0.3, -0.25) is 14.1 Å². The van der Waals surface area contributed by atoms with Gasteiger partial charge < -0.3 is 14.0 Å². The highest BCUT2D eigenvalue weighted by Gasteiger charge is 2.19. The number of fused-ring (bicyclic) bond motifs is 1. The van der Waals surface area contributed by atoms with Crippen LogP contribution in [0.3, 0.4) is 0 Å². The van der Waals surface area contributed by atoms with Gasteiger partial charge in [0.05, 0.1) is 23.2 Å². The molecule has 0 aliphatic rings. The molecule has 1 unspecified atom stereocenters. The van der Waals surface area contributed by atoms with Crippen molar-refractivity contribution in [3.05, 3.63) is 95.0 Å². The van der Waals surface area contributed by atoms with Crippen LogP contribution in [-0.4, -0.2) is 27.7 Å². The molecule has 8 nitrogen and oxygen atoms in total. The molecule has 200 valence electrons. The Labute approximate surface area is 220 Å². The Morgan fingerprint density at radius 2 is 1.79 bits per heavy atom. The lowest BCUT2D eigenvalue weighted by Crippen LogP contribution is -2.18. The SMILES string of the molecule is COc1cc(-c2ccc(F)c(OC(F)F)c2)c(F)cc1-n1c(=O)ccc2cc(S(=O)Nc3ccon3)ccc21.